The van der Waals surface area contributed by atoms with E-state index in [1.807, 2.05) is 0 Å². The van der Waals surface area contributed by atoms with Crippen molar-refractivity contribution in [3.63, 3.8) is 0 Å². The van der Waals surface area contributed by atoms with Crippen molar-refractivity contribution in [2.24, 2.45) is 0 Å². The van der Waals surface area contributed by atoms with Gasteiger partial charge in [0.25, 0.3) is 0 Å². The first-order valence-corrected chi connectivity index (χ1v) is 7.45. The molecule has 0 unspecified atom stereocenters. The highest BCUT2D eigenvalue weighted by molar-refractivity contribution is 5.47. The number of nitrogens with one attached hydrogen (secondary N) is 1. The first kappa shape index (κ1) is 13.1. The Labute approximate surface area is 120 Å². The third kappa shape index (κ3) is 2.98. The first-order chi connectivity index (χ1) is 9.83. The fourth-order valence-corrected chi connectivity index (χ4v) is 2.74. The lowest BCUT2D eigenvalue weighted by molar-refractivity contribution is 0.709. The van der Waals surface area contributed by atoms with Crippen molar-refractivity contribution in [3.8, 4) is 0 Å². The molecule has 1 aromatic heterocycles. The van der Waals surface area contributed by atoms with Crippen molar-refractivity contribution in [3.05, 3.63) is 53.0 Å². The molecule has 0 spiro atoms. The minimum absolute atomic E-state index is 0.823. The molecule has 1 aliphatic carbocycles. The molecule has 0 radical (unpaired) electrons. The van der Waals surface area contributed by atoms with Crippen LogP contribution in [0.4, 0.5) is 5.82 Å². The van der Waals surface area contributed by atoms with Gasteiger partial charge >= 0.3 is 0 Å². The zero-order valence-corrected chi connectivity index (χ0v) is 12.0. The Morgan fingerprint density at radius 3 is 2.65 bits per heavy atom. The van der Waals surface area contributed by atoms with Gasteiger partial charge in [0.2, 0.25) is 0 Å². The molecular formula is C17H21N3. The Bertz CT molecular complexity index is 575. The second-order valence-electron chi connectivity index (χ2n) is 5.55. The molecule has 0 fully saturated rings. The summed E-state index contributed by atoms with van der Waals surface area (Å²) in [5.74, 6) is 1.03. The average Bonchev–Trinajstić information content (AvgIpc) is 2.72. The highest BCUT2D eigenvalue weighted by Crippen LogP contribution is 2.24. The Hall–Kier alpha value is -1.90. The van der Waals surface area contributed by atoms with Crippen molar-refractivity contribution in [2.75, 3.05) is 5.32 Å². The van der Waals surface area contributed by atoms with Gasteiger partial charge in [-0.1, -0.05) is 36.2 Å². The second kappa shape index (κ2) is 6.04. The summed E-state index contributed by atoms with van der Waals surface area (Å²) < 4.78 is 0. The van der Waals surface area contributed by atoms with E-state index in [9.17, 15) is 0 Å². The van der Waals surface area contributed by atoms with Gasteiger partial charge in [-0.3, -0.25) is 0 Å². The minimum Gasteiger partial charge on any atom is -0.366 e. The molecule has 20 heavy (non-hydrogen) atoms. The van der Waals surface area contributed by atoms with E-state index in [1.54, 1.807) is 6.33 Å². The molecule has 3 rings (SSSR count). The van der Waals surface area contributed by atoms with Crippen LogP contribution in [0.5, 0.6) is 0 Å². The van der Waals surface area contributed by atoms with Crippen molar-refractivity contribution in [1.82, 2.24) is 9.97 Å². The lowest BCUT2D eigenvalue weighted by atomic mass is 10.1. The minimum atomic E-state index is 0.823. The number of fused-ring (bicyclic) bond motifs is 1. The summed E-state index contributed by atoms with van der Waals surface area (Å²) in [6.45, 7) is 2.94. The molecule has 104 valence electrons. The second-order valence-corrected chi connectivity index (χ2v) is 5.55. The van der Waals surface area contributed by atoms with Crippen molar-refractivity contribution in [2.45, 2.75) is 45.6 Å². The zero-order chi connectivity index (χ0) is 13.8. The lowest BCUT2D eigenvalue weighted by Crippen LogP contribution is -2.07. The number of aryl methyl sites for hydroxylation is 2. The van der Waals surface area contributed by atoms with E-state index in [-0.39, 0.29) is 0 Å². The number of anilines is 1. The molecule has 0 atom stereocenters. The summed E-state index contributed by atoms with van der Waals surface area (Å²) in [4.78, 5) is 8.90. The highest BCUT2D eigenvalue weighted by atomic mass is 15.0. The summed E-state index contributed by atoms with van der Waals surface area (Å²) in [6, 6.07) is 8.64. The topological polar surface area (TPSA) is 37.8 Å². The Morgan fingerprint density at radius 2 is 1.80 bits per heavy atom. The number of aromatic nitrogens is 2. The van der Waals surface area contributed by atoms with E-state index in [2.05, 4.69) is 46.5 Å². The van der Waals surface area contributed by atoms with Crippen molar-refractivity contribution >= 4 is 5.82 Å². The molecule has 1 heterocycles. The number of hydrogen-bond acceptors (Lipinski definition) is 3. The smallest absolute Gasteiger partial charge is 0.133 e. The van der Waals surface area contributed by atoms with Gasteiger partial charge in [0.05, 0.1) is 0 Å². The van der Waals surface area contributed by atoms with Gasteiger partial charge in [0.1, 0.15) is 12.1 Å². The normalized spacial score (nSPS) is 14.4. The van der Waals surface area contributed by atoms with E-state index >= 15 is 0 Å². The molecule has 0 bridgehead atoms. The van der Waals surface area contributed by atoms with Crippen LogP contribution in [0.3, 0.4) is 0 Å². The number of benzene rings is 1. The maximum atomic E-state index is 4.46. The van der Waals surface area contributed by atoms with Crippen LogP contribution in [0, 0.1) is 6.92 Å². The molecule has 3 nitrogen and oxygen atoms in total. The monoisotopic (exact) mass is 267 g/mol. The van der Waals surface area contributed by atoms with E-state index in [0.717, 1.165) is 25.2 Å². The summed E-state index contributed by atoms with van der Waals surface area (Å²) in [5.41, 5.74) is 5.15. The molecule has 2 aromatic rings. The van der Waals surface area contributed by atoms with Crippen LogP contribution < -0.4 is 5.32 Å². The highest BCUT2D eigenvalue weighted by Gasteiger charge is 2.13. The number of rotatable bonds is 3. The largest absolute Gasteiger partial charge is 0.366 e. The fraction of sp³-hybridized carbons (Fsp3) is 0.412. The van der Waals surface area contributed by atoms with Crippen molar-refractivity contribution in [1.29, 1.82) is 0 Å². The van der Waals surface area contributed by atoms with Gasteiger partial charge in [-0.05, 0) is 38.2 Å². The van der Waals surface area contributed by atoms with Crippen LogP contribution in [0.1, 0.15) is 41.6 Å². The van der Waals surface area contributed by atoms with Gasteiger partial charge in [-0.2, -0.15) is 0 Å². The third-order valence-corrected chi connectivity index (χ3v) is 3.96. The molecule has 0 aliphatic heterocycles. The Kier molecular flexibility index (Phi) is 3.95. The van der Waals surface area contributed by atoms with Gasteiger partial charge in [-0.25, -0.2) is 9.97 Å². The Balaban J connectivity index is 1.75. The molecule has 1 aliphatic rings. The summed E-state index contributed by atoms with van der Waals surface area (Å²) in [7, 11) is 0. The van der Waals surface area contributed by atoms with Crippen LogP contribution >= 0.6 is 0 Å². The van der Waals surface area contributed by atoms with Crippen LogP contribution in [-0.2, 0) is 19.4 Å². The molecule has 1 N–H and O–H groups in total. The van der Waals surface area contributed by atoms with Gasteiger partial charge in [0.15, 0.2) is 0 Å². The van der Waals surface area contributed by atoms with Gasteiger partial charge in [-0.15, -0.1) is 0 Å². The molecular weight excluding hydrogens is 246 g/mol. The van der Waals surface area contributed by atoms with E-state index in [1.165, 1.54) is 41.6 Å². The van der Waals surface area contributed by atoms with Crippen LogP contribution in [-0.4, -0.2) is 9.97 Å². The summed E-state index contributed by atoms with van der Waals surface area (Å²) in [6.07, 6.45) is 7.69. The van der Waals surface area contributed by atoms with E-state index in [4.69, 9.17) is 0 Å². The van der Waals surface area contributed by atoms with Gasteiger partial charge in [0, 0.05) is 17.8 Å². The SMILES string of the molecule is Cc1ccc(CNc2ncnc3c2CCCCC3)cc1. The Morgan fingerprint density at radius 1 is 1.00 bits per heavy atom. The first-order valence-electron chi connectivity index (χ1n) is 7.45. The van der Waals surface area contributed by atoms with Crippen LogP contribution in [0.15, 0.2) is 30.6 Å². The van der Waals surface area contributed by atoms with Gasteiger partial charge < -0.3 is 5.32 Å². The summed E-state index contributed by atoms with van der Waals surface area (Å²) in [5, 5.41) is 3.49. The maximum absolute atomic E-state index is 4.46. The van der Waals surface area contributed by atoms with Crippen LogP contribution in [0.25, 0.3) is 0 Å². The number of nitrogens with zero attached hydrogens (tertiary/aromatic N) is 2. The lowest BCUT2D eigenvalue weighted by Gasteiger charge is -2.12. The standard InChI is InChI=1S/C17H21N3/c1-13-7-9-14(10-8-13)11-18-17-15-5-3-2-4-6-16(15)19-12-20-17/h7-10,12H,2-6,11H2,1H3,(H,18,19,20). The number of hydrogen-bond donors (Lipinski definition) is 1. The quantitative estimate of drug-likeness (QED) is 0.862. The molecule has 1 aromatic carbocycles. The van der Waals surface area contributed by atoms with Crippen LogP contribution in [0.2, 0.25) is 0 Å². The van der Waals surface area contributed by atoms with Crippen molar-refractivity contribution < 1.29 is 0 Å². The van der Waals surface area contributed by atoms with E-state index in [0.29, 0.717) is 0 Å². The predicted octanol–water partition coefficient (Wildman–Crippen LogP) is 3.67. The third-order valence-electron chi connectivity index (χ3n) is 3.96. The maximum Gasteiger partial charge on any atom is 0.133 e. The average molecular weight is 267 g/mol. The summed E-state index contributed by atoms with van der Waals surface area (Å²) >= 11 is 0. The molecule has 0 saturated heterocycles. The predicted molar refractivity (Wildman–Crippen MR) is 81.8 cm³/mol. The molecule has 0 amide bonds. The molecule has 3 heteroatoms. The van der Waals surface area contributed by atoms with E-state index < -0.39 is 0 Å². The molecule has 0 saturated carbocycles. The zero-order valence-electron chi connectivity index (χ0n) is 12.0. The fourth-order valence-electron chi connectivity index (χ4n) is 2.74.